The molecule has 4 nitrogen and oxygen atoms in total. The minimum absolute atomic E-state index is 0.149. The van der Waals surface area contributed by atoms with E-state index in [2.05, 4.69) is 5.32 Å². The molecule has 1 unspecified atom stereocenters. The number of amides is 2. The molecule has 0 aromatic heterocycles. The van der Waals surface area contributed by atoms with E-state index in [1.807, 2.05) is 20.8 Å². The third kappa shape index (κ3) is 5.02. The first-order valence-electron chi connectivity index (χ1n) is 6.70. The van der Waals surface area contributed by atoms with Crippen molar-refractivity contribution < 1.29 is 22.8 Å². The Hall–Kier alpha value is -1.27. The predicted octanol–water partition coefficient (Wildman–Crippen LogP) is 2.09. The van der Waals surface area contributed by atoms with Crippen molar-refractivity contribution in [3.8, 4) is 0 Å². The summed E-state index contributed by atoms with van der Waals surface area (Å²) in [7, 11) is 0. The molecule has 1 aliphatic heterocycles. The summed E-state index contributed by atoms with van der Waals surface area (Å²) in [6, 6.07) is 0. The van der Waals surface area contributed by atoms with Crippen molar-refractivity contribution in [1.29, 1.82) is 0 Å². The van der Waals surface area contributed by atoms with Gasteiger partial charge in [-0.05, 0) is 20.3 Å². The second kappa shape index (κ2) is 6.01. The molecular weight excluding hydrogens is 273 g/mol. The smallest absolute Gasteiger partial charge is 0.351 e. The minimum atomic E-state index is -4.43. The molecule has 1 fully saturated rings. The van der Waals surface area contributed by atoms with Crippen molar-refractivity contribution >= 4 is 11.8 Å². The van der Waals surface area contributed by atoms with E-state index in [0.29, 0.717) is 4.90 Å². The summed E-state index contributed by atoms with van der Waals surface area (Å²) in [5.41, 5.74) is -0.410. The first-order chi connectivity index (χ1) is 9.04. The first kappa shape index (κ1) is 16.8. The second-order valence-electron chi connectivity index (χ2n) is 5.91. The molecule has 0 aromatic rings. The van der Waals surface area contributed by atoms with Crippen molar-refractivity contribution in [1.82, 2.24) is 10.2 Å². The average molecular weight is 294 g/mol. The van der Waals surface area contributed by atoms with Crippen LogP contribution in [-0.2, 0) is 9.59 Å². The van der Waals surface area contributed by atoms with E-state index in [4.69, 9.17) is 0 Å². The normalized spacial score (nSPS) is 20.4. The number of alkyl halides is 3. The van der Waals surface area contributed by atoms with Crippen LogP contribution in [0.3, 0.4) is 0 Å². The molecular formula is C13H21F3N2O2. The highest BCUT2D eigenvalue weighted by Crippen LogP contribution is 2.24. The highest BCUT2D eigenvalue weighted by molar-refractivity contribution is 5.89. The number of carbonyl (C=O) groups is 2. The largest absolute Gasteiger partial charge is 0.406 e. The number of carbonyl (C=O) groups excluding carboxylic acids is 2. The summed E-state index contributed by atoms with van der Waals surface area (Å²) in [4.78, 5) is 24.2. The van der Waals surface area contributed by atoms with Gasteiger partial charge in [0.05, 0.1) is 5.92 Å². The van der Waals surface area contributed by atoms with Gasteiger partial charge in [-0.25, -0.2) is 0 Å². The van der Waals surface area contributed by atoms with Crippen molar-refractivity contribution in [3.63, 3.8) is 0 Å². The van der Waals surface area contributed by atoms with Gasteiger partial charge in [-0.3, -0.25) is 9.59 Å². The summed E-state index contributed by atoms with van der Waals surface area (Å²) < 4.78 is 36.9. The maximum Gasteiger partial charge on any atom is 0.406 e. The molecule has 116 valence electrons. The second-order valence-corrected chi connectivity index (χ2v) is 5.91. The molecule has 1 saturated heterocycles. The molecule has 1 atom stereocenters. The zero-order valence-corrected chi connectivity index (χ0v) is 12.0. The van der Waals surface area contributed by atoms with E-state index in [1.165, 1.54) is 0 Å². The average Bonchev–Trinajstić information content (AvgIpc) is 2.57. The van der Waals surface area contributed by atoms with Gasteiger partial charge in [-0.2, -0.15) is 13.2 Å². The Morgan fingerprint density at radius 2 is 2.00 bits per heavy atom. The van der Waals surface area contributed by atoms with E-state index in [1.54, 1.807) is 0 Å². The van der Waals surface area contributed by atoms with Crippen LogP contribution in [0.5, 0.6) is 0 Å². The monoisotopic (exact) mass is 294 g/mol. The Labute approximate surface area is 116 Å². The summed E-state index contributed by atoms with van der Waals surface area (Å²) in [6.45, 7) is 4.26. The summed E-state index contributed by atoms with van der Waals surface area (Å²) in [5, 5.41) is 2.80. The van der Waals surface area contributed by atoms with Gasteiger partial charge in [-0.1, -0.05) is 13.3 Å². The standard InChI is InChI=1S/C13H21F3N2O2/c1-4-5-12(2,3)17-11(20)9-6-10(19)18(7-9)8-13(14,15)16/h9H,4-8H2,1-3H3,(H,17,20). The van der Waals surface area contributed by atoms with Crippen molar-refractivity contribution in [2.24, 2.45) is 5.92 Å². The van der Waals surface area contributed by atoms with Crippen LogP contribution < -0.4 is 5.32 Å². The topological polar surface area (TPSA) is 49.4 Å². The molecule has 0 bridgehead atoms. The van der Waals surface area contributed by atoms with Crippen LogP contribution in [0.2, 0.25) is 0 Å². The Morgan fingerprint density at radius 3 is 2.50 bits per heavy atom. The molecule has 1 heterocycles. The number of rotatable bonds is 5. The number of halogens is 3. The minimum Gasteiger partial charge on any atom is -0.351 e. The summed E-state index contributed by atoms with van der Waals surface area (Å²) >= 11 is 0. The van der Waals surface area contributed by atoms with Crippen LogP contribution in [0, 0.1) is 5.92 Å². The quantitative estimate of drug-likeness (QED) is 0.844. The molecule has 20 heavy (non-hydrogen) atoms. The zero-order chi connectivity index (χ0) is 15.6. The third-order valence-electron chi connectivity index (χ3n) is 3.29. The van der Waals surface area contributed by atoms with E-state index in [-0.39, 0.29) is 18.9 Å². The van der Waals surface area contributed by atoms with Crippen LogP contribution in [-0.4, -0.2) is 41.5 Å². The van der Waals surface area contributed by atoms with Crippen LogP contribution >= 0.6 is 0 Å². The lowest BCUT2D eigenvalue weighted by Crippen LogP contribution is -2.46. The van der Waals surface area contributed by atoms with Crippen molar-refractivity contribution in [2.75, 3.05) is 13.1 Å². The number of hydrogen-bond donors (Lipinski definition) is 1. The molecule has 0 spiro atoms. The van der Waals surface area contributed by atoms with Gasteiger partial charge < -0.3 is 10.2 Å². The van der Waals surface area contributed by atoms with E-state index < -0.39 is 30.1 Å². The number of hydrogen-bond acceptors (Lipinski definition) is 2. The van der Waals surface area contributed by atoms with Gasteiger partial charge in [0.1, 0.15) is 6.54 Å². The highest BCUT2D eigenvalue weighted by atomic mass is 19.4. The Kier molecular flexibility index (Phi) is 5.05. The van der Waals surface area contributed by atoms with Crippen LogP contribution in [0.25, 0.3) is 0 Å². The molecule has 7 heteroatoms. The predicted molar refractivity (Wildman–Crippen MR) is 67.9 cm³/mol. The van der Waals surface area contributed by atoms with Gasteiger partial charge in [0.25, 0.3) is 0 Å². The van der Waals surface area contributed by atoms with Crippen LogP contribution in [0.15, 0.2) is 0 Å². The Morgan fingerprint density at radius 1 is 1.40 bits per heavy atom. The maximum atomic E-state index is 12.3. The fourth-order valence-corrected chi connectivity index (χ4v) is 2.44. The van der Waals surface area contributed by atoms with Crippen LogP contribution in [0.4, 0.5) is 13.2 Å². The Balaban J connectivity index is 2.58. The van der Waals surface area contributed by atoms with Crippen LogP contribution in [0.1, 0.15) is 40.0 Å². The zero-order valence-electron chi connectivity index (χ0n) is 12.0. The molecule has 0 saturated carbocycles. The fraction of sp³-hybridized carbons (Fsp3) is 0.846. The number of nitrogens with one attached hydrogen (secondary N) is 1. The number of likely N-dealkylation sites (tertiary alicyclic amines) is 1. The van der Waals surface area contributed by atoms with Gasteiger partial charge in [0, 0.05) is 18.5 Å². The van der Waals surface area contributed by atoms with E-state index in [0.717, 1.165) is 12.8 Å². The lowest BCUT2D eigenvalue weighted by atomic mass is 9.97. The van der Waals surface area contributed by atoms with Gasteiger partial charge in [0.15, 0.2) is 0 Å². The van der Waals surface area contributed by atoms with E-state index in [9.17, 15) is 22.8 Å². The van der Waals surface area contributed by atoms with Crippen molar-refractivity contribution in [2.45, 2.75) is 51.7 Å². The number of nitrogens with zero attached hydrogens (tertiary/aromatic N) is 1. The first-order valence-corrected chi connectivity index (χ1v) is 6.70. The SMILES string of the molecule is CCCC(C)(C)NC(=O)C1CC(=O)N(CC(F)(F)F)C1. The fourth-order valence-electron chi connectivity index (χ4n) is 2.44. The van der Waals surface area contributed by atoms with Gasteiger partial charge in [0.2, 0.25) is 11.8 Å². The molecule has 0 aromatic carbocycles. The lowest BCUT2D eigenvalue weighted by Gasteiger charge is -2.27. The molecule has 0 aliphatic carbocycles. The molecule has 1 N–H and O–H groups in total. The molecule has 2 amide bonds. The van der Waals surface area contributed by atoms with Gasteiger partial charge >= 0.3 is 6.18 Å². The van der Waals surface area contributed by atoms with Gasteiger partial charge in [-0.15, -0.1) is 0 Å². The highest BCUT2D eigenvalue weighted by Gasteiger charge is 2.41. The summed E-state index contributed by atoms with van der Waals surface area (Å²) in [6.07, 6.45) is -2.92. The molecule has 1 aliphatic rings. The van der Waals surface area contributed by atoms with Crippen molar-refractivity contribution in [3.05, 3.63) is 0 Å². The third-order valence-corrected chi connectivity index (χ3v) is 3.29. The van der Waals surface area contributed by atoms with E-state index >= 15 is 0 Å². The Bertz CT molecular complexity index is 380. The molecule has 1 rings (SSSR count). The maximum absolute atomic E-state index is 12.3. The lowest BCUT2D eigenvalue weighted by molar-refractivity contribution is -0.157. The molecule has 0 radical (unpaired) electrons. The summed E-state index contributed by atoms with van der Waals surface area (Å²) in [5.74, 6) is -1.65.